The average molecular weight is 409 g/mol. The highest BCUT2D eigenvalue weighted by Crippen LogP contribution is 2.57. The summed E-state index contributed by atoms with van der Waals surface area (Å²) in [6, 6.07) is 0. The first-order chi connectivity index (χ1) is 14.2. The first-order valence-electron chi connectivity index (χ1n) is 11.1. The van der Waals surface area contributed by atoms with Crippen LogP contribution in [0.1, 0.15) is 53.9 Å². The summed E-state index contributed by atoms with van der Waals surface area (Å²) < 4.78 is 11.9. The molecule has 0 saturated carbocycles. The van der Waals surface area contributed by atoms with Gasteiger partial charge in [-0.25, -0.2) is 4.79 Å². The minimum atomic E-state index is -1.19. The molecule has 5 rings (SSSR count). The van der Waals surface area contributed by atoms with E-state index in [1.165, 1.54) is 5.57 Å². The molecule has 0 N–H and O–H groups in total. The van der Waals surface area contributed by atoms with Crippen molar-refractivity contribution in [1.82, 2.24) is 0 Å². The van der Waals surface area contributed by atoms with Gasteiger partial charge in [-0.3, -0.25) is 4.79 Å². The van der Waals surface area contributed by atoms with E-state index in [9.17, 15) is 9.59 Å². The molecule has 0 radical (unpaired) electrons. The Bertz CT molecular complexity index is 931. The van der Waals surface area contributed by atoms with E-state index in [4.69, 9.17) is 9.47 Å². The van der Waals surface area contributed by atoms with E-state index in [2.05, 4.69) is 58.9 Å². The van der Waals surface area contributed by atoms with E-state index >= 15 is 0 Å². The summed E-state index contributed by atoms with van der Waals surface area (Å²) in [6.07, 6.45) is 14.9. The molecule has 0 aromatic carbocycles. The number of hydrogen-bond donors (Lipinski definition) is 0. The lowest BCUT2D eigenvalue weighted by Gasteiger charge is -2.51. The van der Waals surface area contributed by atoms with Gasteiger partial charge in [-0.2, -0.15) is 0 Å². The van der Waals surface area contributed by atoms with E-state index in [1.54, 1.807) is 6.08 Å². The summed E-state index contributed by atoms with van der Waals surface area (Å²) in [5.41, 5.74) is 0.580. The van der Waals surface area contributed by atoms with Crippen LogP contribution in [-0.2, 0) is 19.1 Å². The lowest BCUT2D eigenvalue weighted by molar-refractivity contribution is -0.171. The Balaban J connectivity index is 1.93. The number of Topliss-reactive ketones (excluding diaryl/α,β-unsaturated/α-hetero) is 1. The predicted molar refractivity (Wildman–Crippen MR) is 116 cm³/mol. The number of hydrogen-bond acceptors (Lipinski definition) is 4. The number of ether oxygens (including phenoxy) is 2. The maximum atomic E-state index is 13.9. The monoisotopic (exact) mass is 408 g/mol. The zero-order valence-electron chi connectivity index (χ0n) is 18.7. The van der Waals surface area contributed by atoms with Crippen molar-refractivity contribution in [2.75, 3.05) is 6.61 Å². The highest BCUT2D eigenvalue weighted by atomic mass is 16.6. The van der Waals surface area contributed by atoms with E-state index in [-0.39, 0.29) is 29.1 Å². The zero-order chi connectivity index (χ0) is 21.7. The van der Waals surface area contributed by atoms with Gasteiger partial charge in [0.2, 0.25) is 5.78 Å². The molecule has 1 fully saturated rings. The van der Waals surface area contributed by atoms with E-state index in [1.807, 2.05) is 6.08 Å². The Labute approximate surface area is 179 Å². The van der Waals surface area contributed by atoms with Crippen molar-refractivity contribution in [1.29, 1.82) is 0 Å². The fraction of sp³-hybridized carbons (Fsp3) is 0.538. The molecule has 1 spiro atoms. The summed E-state index contributed by atoms with van der Waals surface area (Å²) in [6.45, 7) is 11.0. The van der Waals surface area contributed by atoms with Crippen LogP contribution in [0.4, 0.5) is 0 Å². The SMILES string of the molecule is CC1=CC2(C)C(C)C(C)C=CCCC=C3C=C/C(=C4/C(=O)OC2(CC1C)C4=O)OC3. The second-order valence-electron chi connectivity index (χ2n) is 9.62. The maximum Gasteiger partial charge on any atom is 0.346 e. The van der Waals surface area contributed by atoms with Gasteiger partial charge in [0.15, 0.2) is 5.60 Å². The molecular weight excluding hydrogens is 376 g/mol. The Hall–Kier alpha value is -2.36. The van der Waals surface area contributed by atoms with Crippen molar-refractivity contribution < 1.29 is 19.1 Å². The van der Waals surface area contributed by atoms with Gasteiger partial charge in [0.1, 0.15) is 17.9 Å². The molecular formula is C26H32O4. The highest BCUT2D eigenvalue weighted by molar-refractivity contribution is 6.26. The van der Waals surface area contributed by atoms with Gasteiger partial charge < -0.3 is 9.47 Å². The molecule has 2 aliphatic carbocycles. The minimum absolute atomic E-state index is 0.0712. The summed E-state index contributed by atoms with van der Waals surface area (Å²) in [7, 11) is 0. The van der Waals surface area contributed by atoms with Gasteiger partial charge >= 0.3 is 5.97 Å². The number of fused-ring (bicyclic) bond motifs is 6. The van der Waals surface area contributed by atoms with E-state index in [0.717, 1.165) is 18.4 Å². The Kier molecular flexibility index (Phi) is 5.16. The molecule has 5 unspecified atom stereocenters. The molecule has 4 heteroatoms. The van der Waals surface area contributed by atoms with Crippen LogP contribution in [0.3, 0.4) is 0 Å². The Morgan fingerprint density at radius 1 is 1.10 bits per heavy atom. The number of carbonyl (C=O) groups excluding carboxylic acids is 2. The topological polar surface area (TPSA) is 52.6 Å². The van der Waals surface area contributed by atoms with Crippen molar-refractivity contribution in [3.8, 4) is 0 Å². The highest BCUT2D eigenvalue weighted by Gasteiger charge is 2.66. The molecule has 0 aromatic rings. The zero-order valence-corrected chi connectivity index (χ0v) is 18.7. The third-order valence-corrected chi connectivity index (χ3v) is 7.84. The molecule has 160 valence electrons. The normalized spacial score (nSPS) is 41.3. The van der Waals surface area contributed by atoms with Crippen molar-refractivity contribution in [2.45, 2.75) is 59.5 Å². The standard InChI is InChI=1S/C26H32O4/c1-16-9-7-6-8-10-20-11-12-21(29-15-20)22-23(27)26(30-24(22)28)14-18(3)17(2)13-25(26,5)19(16)4/h7,9-13,16,18-19H,6,8,14-15H2,1-5H3/b9-7?,20-10?,22-21-. The molecule has 0 amide bonds. The molecule has 4 nitrogen and oxygen atoms in total. The molecule has 3 aliphatic heterocycles. The van der Waals surface area contributed by atoms with Crippen molar-refractivity contribution in [2.24, 2.45) is 23.2 Å². The number of carbonyl (C=O) groups is 2. The van der Waals surface area contributed by atoms with Crippen LogP contribution in [0.15, 0.2) is 58.9 Å². The summed E-state index contributed by atoms with van der Waals surface area (Å²) >= 11 is 0. The number of ketones is 1. The lowest BCUT2D eigenvalue weighted by Crippen LogP contribution is -2.57. The van der Waals surface area contributed by atoms with Crippen LogP contribution < -0.4 is 0 Å². The first kappa shape index (κ1) is 20.9. The Morgan fingerprint density at radius 2 is 1.87 bits per heavy atom. The van der Waals surface area contributed by atoms with Gasteiger partial charge in [0, 0.05) is 11.8 Å². The first-order valence-corrected chi connectivity index (χ1v) is 11.1. The van der Waals surface area contributed by atoms with E-state index < -0.39 is 17.0 Å². The van der Waals surface area contributed by atoms with Crippen molar-refractivity contribution in [3.63, 3.8) is 0 Å². The fourth-order valence-corrected chi connectivity index (χ4v) is 5.41. The van der Waals surface area contributed by atoms with Gasteiger partial charge in [-0.15, -0.1) is 0 Å². The average Bonchev–Trinajstić information content (AvgIpc) is 2.96. The molecule has 0 aromatic heterocycles. The Morgan fingerprint density at radius 3 is 2.57 bits per heavy atom. The maximum absolute atomic E-state index is 13.9. The van der Waals surface area contributed by atoms with Gasteiger partial charge in [-0.1, -0.05) is 63.6 Å². The summed E-state index contributed by atoms with van der Waals surface area (Å²) in [4.78, 5) is 27.0. The number of rotatable bonds is 0. The van der Waals surface area contributed by atoms with Gasteiger partial charge in [-0.05, 0) is 49.2 Å². The van der Waals surface area contributed by atoms with Crippen LogP contribution >= 0.6 is 0 Å². The van der Waals surface area contributed by atoms with Crippen LogP contribution in [0.5, 0.6) is 0 Å². The third kappa shape index (κ3) is 3.03. The van der Waals surface area contributed by atoms with Crippen LogP contribution in [-0.4, -0.2) is 24.0 Å². The smallest absolute Gasteiger partial charge is 0.346 e. The largest absolute Gasteiger partial charge is 0.488 e. The third-order valence-electron chi connectivity index (χ3n) is 7.84. The number of allylic oxidation sites excluding steroid dienone is 5. The molecule has 5 aliphatic rings. The molecule has 30 heavy (non-hydrogen) atoms. The van der Waals surface area contributed by atoms with Crippen molar-refractivity contribution >= 4 is 11.8 Å². The van der Waals surface area contributed by atoms with Crippen LogP contribution in [0.2, 0.25) is 0 Å². The molecule has 3 heterocycles. The summed E-state index contributed by atoms with van der Waals surface area (Å²) in [5.74, 6) is 0.0622. The second-order valence-corrected chi connectivity index (χ2v) is 9.62. The molecule has 5 atom stereocenters. The van der Waals surface area contributed by atoms with Gasteiger partial charge in [0.25, 0.3) is 0 Å². The molecule has 1 saturated heterocycles. The molecule has 4 bridgehead atoms. The van der Waals surface area contributed by atoms with Crippen LogP contribution in [0, 0.1) is 23.2 Å². The summed E-state index contributed by atoms with van der Waals surface area (Å²) in [5, 5.41) is 0. The quantitative estimate of drug-likeness (QED) is 0.313. The van der Waals surface area contributed by atoms with E-state index in [0.29, 0.717) is 18.8 Å². The van der Waals surface area contributed by atoms with Gasteiger partial charge in [0.05, 0.1) is 0 Å². The number of esters is 1. The fourth-order valence-electron chi connectivity index (χ4n) is 5.41. The lowest BCUT2D eigenvalue weighted by atomic mass is 9.54. The van der Waals surface area contributed by atoms with Crippen molar-refractivity contribution in [3.05, 3.63) is 58.9 Å². The predicted octanol–water partition coefficient (Wildman–Crippen LogP) is 5.23. The van der Waals surface area contributed by atoms with Crippen LogP contribution in [0.25, 0.3) is 0 Å². The second kappa shape index (κ2) is 7.40. The minimum Gasteiger partial charge on any atom is -0.488 e.